The first-order chi connectivity index (χ1) is 8.90. The summed E-state index contributed by atoms with van der Waals surface area (Å²) in [7, 11) is 1.80. The summed E-state index contributed by atoms with van der Waals surface area (Å²) in [4.78, 5) is 0. The Balaban J connectivity index is 2.39. The molecule has 104 valence electrons. The quantitative estimate of drug-likeness (QED) is 0.902. The standard InChI is InChI=1S/C13H14ClF3N2/c1-18-7-9-8-19(5-4-13(15,16)17)12-6-10(14)2-3-11(9)12/h2-3,6,8,18H,4-5,7H2,1H3. The van der Waals surface area contributed by atoms with E-state index in [1.807, 2.05) is 6.07 Å². The van der Waals surface area contributed by atoms with E-state index in [4.69, 9.17) is 11.6 Å². The molecule has 0 aliphatic carbocycles. The first kappa shape index (κ1) is 14.2. The maximum Gasteiger partial charge on any atom is 0.390 e. The van der Waals surface area contributed by atoms with E-state index in [0.29, 0.717) is 11.6 Å². The Morgan fingerprint density at radius 3 is 2.68 bits per heavy atom. The number of nitrogens with one attached hydrogen (secondary N) is 1. The lowest BCUT2D eigenvalue weighted by atomic mass is 10.2. The van der Waals surface area contributed by atoms with Crippen LogP contribution in [0.2, 0.25) is 5.02 Å². The van der Waals surface area contributed by atoms with E-state index < -0.39 is 12.6 Å². The molecule has 0 aliphatic heterocycles. The maximum absolute atomic E-state index is 12.3. The SMILES string of the molecule is CNCc1cn(CCC(F)(F)F)c2cc(Cl)ccc12. The van der Waals surface area contributed by atoms with Crippen molar-refractivity contribution < 1.29 is 13.2 Å². The summed E-state index contributed by atoms with van der Waals surface area (Å²) in [6.45, 7) is 0.515. The molecule has 19 heavy (non-hydrogen) atoms. The molecule has 0 saturated carbocycles. The zero-order valence-corrected chi connectivity index (χ0v) is 11.1. The van der Waals surface area contributed by atoms with Gasteiger partial charge in [0, 0.05) is 35.2 Å². The van der Waals surface area contributed by atoms with Gasteiger partial charge in [0.1, 0.15) is 0 Å². The van der Waals surface area contributed by atoms with E-state index >= 15 is 0 Å². The van der Waals surface area contributed by atoms with E-state index in [2.05, 4.69) is 5.32 Å². The molecule has 1 aromatic carbocycles. The number of hydrogen-bond acceptors (Lipinski definition) is 1. The first-order valence-corrected chi connectivity index (χ1v) is 6.27. The summed E-state index contributed by atoms with van der Waals surface area (Å²) in [6, 6.07) is 5.29. The van der Waals surface area contributed by atoms with E-state index in [1.54, 1.807) is 29.9 Å². The van der Waals surface area contributed by atoms with Gasteiger partial charge in [0.05, 0.1) is 6.42 Å². The number of rotatable bonds is 4. The number of hydrogen-bond donors (Lipinski definition) is 1. The molecule has 0 spiro atoms. The normalized spacial score (nSPS) is 12.3. The van der Waals surface area contributed by atoms with Crippen LogP contribution in [0.3, 0.4) is 0 Å². The van der Waals surface area contributed by atoms with Crippen LogP contribution in [0.4, 0.5) is 13.2 Å². The van der Waals surface area contributed by atoms with Gasteiger partial charge in [-0.25, -0.2) is 0 Å². The Morgan fingerprint density at radius 1 is 1.32 bits per heavy atom. The van der Waals surface area contributed by atoms with Crippen molar-refractivity contribution in [3.8, 4) is 0 Å². The van der Waals surface area contributed by atoms with Crippen LogP contribution < -0.4 is 5.32 Å². The minimum atomic E-state index is -4.15. The second kappa shape index (κ2) is 5.43. The molecule has 2 aromatic rings. The molecule has 0 bridgehead atoms. The molecule has 0 aliphatic rings. The Labute approximate surface area is 114 Å². The highest BCUT2D eigenvalue weighted by molar-refractivity contribution is 6.31. The molecule has 1 heterocycles. The minimum absolute atomic E-state index is 0.0932. The van der Waals surface area contributed by atoms with Crippen LogP contribution in [0.5, 0.6) is 0 Å². The van der Waals surface area contributed by atoms with Crippen molar-refractivity contribution in [1.82, 2.24) is 9.88 Å². The lowest BCUT2D eigenvalue weighted by Crippen LogP contribution is -2.11. The number of benzene rings is 1. The summed E-state index contributed by atoms with van der Waals surface area (Å²) in [5, 5.41) is 4.46. The molecule has 0 saturated heterocycles. The summed E-state index contributed by atoms with van der Waals surface area (Å²) in [5.74, 6) is 0. The van der Waals surface area contributed by atoms with Gasteiger partial charge in [0.2, 0.25) is 0 Å². The number of nitrogens with zero attached hydrogens (tertiary/aromatic N) is 1. The minimum Gasteiger partial charge on any atom is -0.347 e. The van der Waals surface area contributed by atoms with Crippen LogP contribution in [0.1, 0.15) is 12.0 Å². The second-order valence-electron chi connectivity index (χ2n) is 4.40. The highest BCUT2D eigenvalue weighted by atomic mass is 35.5. The van der Waals surface area contributed by atoms with Crippen LogP contribution in [-0.4, -0.2) is 17.8 Å². The summed E-state index contributed by atoms with van der Waals surface area (Å²) in [6.07, 6.45) is -3.25. The van der Waals surface area contributed by atoms with Gasteiger partial charge in [-0.05, 0) is 24.7 Å². The van der Waals surface area contributed by atoms with Crippen LogP contribution >= 0.6 is 11.6 Å². The Kier molecular flexibility index (Phi) is 4.06. The van der Waals surface area contributed by atoms with Gasteiger partial charge in [0.25, 0.3) is 0 Å². The van der Waals surface area contributed by atoms with Crippen molar-refractivity contribution in [2.75, 3.05) is 7.05 Å². The van der Waals surface area contributed by atoms with Crippen molar-refractivity contribution in [1.29, 1.82) is 0 Å². The molecule has 2 rings (SSSR count). The van der Waals surface area contributed by atoms with Crippen LogP contribution in [-0.2, 0) is 13.1 Å². The lowest BCUT2D eigenvalue weighted by Gasteiger charge is -2.08. The van der Waals surface area contributed by atoms with E-state index in [0.717, 1.165) is 16.5 Å². The Bertz CT molecular complexity index is 575. The molecule has 0 atom stereocenters. The van der Waals surface area contributed by atoms with Crippen molar-refractivity contribution in [3.05, 3.63) is 35.0 Å². The molecule has 0 unspecified atom stereocenters. The zero-order valence-electron chi connectivity index (χ0n) is 10.4. The van der Waals surface area contributed by atoms with Crippen LogP contribution in [0.25, 0.3) is 10.9 Å². The Hall–Kier alpha value is -1.20. The molecule has 1 N–H and O–H groups in total. The first-order valence-electron chi connectivity index (χ1n) is 5.89. The van der Waals surface area contributed by atoms with Gasteiger partial charge in [-0.1, -0.05) is 17.7 Å². The van der Waals surface area contributed by atoms with Gasteiger partial charge in [0.15, 0.2) is 0 Å². The fourth-order valence-electron chi connectivity index (χ4n) is 2.10. The molecular formula is C13H14ClF3N2. The third-order valence-electron chi connectivity index (χ3n) is 2.93. The largest absolute Gasteiger partial charge is 0.390 e. The summed E-state index contributed by atoms with van der Waals surface area (Å²) in [5.41, 5.74) is 1.71. The van der Waals surface area contributed by atoms with Crippen molar-refractivity contribution in [2.24, 2.45) is 0 Å². The average Bonchev–Trinajstić information content (AvgIpc) is 2.64. The Morgan fingerprint density at radius 2 is 2.05 bits per heavy atom. The van der Waals surface area contributed by atoms with E-state index in [9.17, 15) is 13.2 Å². The molecule has 0 amide bonds. The number of aromatic nitrogens is 1. The average molecular weight is 291 g/mol. The predicted octanol–water partition coefficient (Wildman–Crippen LogP) is 3.97. The van der Waals surface area contributed by atoms with Gasteiger partial charge in [-0.3, -0.25) is 0 Å². The molecule has 2 nitrogen and oxygen atoms in total. The van der Waals surface area contributed by atoms with Gasteiger partial charge in [-0.2, -0.15) is 13.2 Å². The van der Waals surface area contributed by atoms with Crippen molar-refractivity contribution >= 4 is 22.5 Å². The molecule has 1 aromatic heterocycles. The second-order valence-corrected chi connectivity index (χ2v) is 4.84. The van der Waals surface area contributed by atoms with Gasteiger partial charge in [-0.15, -0.1) is 0 Å². The van der Waals surface area contributed by atoms with E-state index in [-0.39, 0.29) is 6.54 Å². The topological polar surface area (TPSA) is 17.0 Å². The van der Waals surface area contributed by atoms with Crippen LogP contribution in [0, 0.1) is 0 Å². The predicted molar refractivity (Wildman–Crippen MR) is 70.4 cm³/mol. The number of fused-ring (bicyclic) bond motifs is 1. The maximum atomic E-state index is 12.3. The highest BCUT2D eigenvalue weighted by Crippen LogP contribution is 2.27. The number of alkyl halides is 3. The molecule has 0 radical (unpaired) electrons. The zero-order chi connectivity index (χ0) is 14.0. The van der Waals surface area contributed by atoms with Crippen molar-refractivity contribution in [3.63, 3.8) is 0 Å². The van der Waals surface area contributed by atoms with Crippen molar-refractivity contribution in [2.45, 2.75) is 25.7 Å². The summed E-state index contributed by atoms with van der Waals surface area (Å²) < 4.78 is 38.6. The van der Waals surface area contributed by atoms with E-state index in [1.165, 1.54) is 0 Å². The molecular weight excluding hydrogens is 277 g/mol. The van der Waals surface area contributed by atoms with Gasteiger partial charge >= 0.3 is 6.18 Å². The number of aryl methyl sites for hydroxylation is 1. The van der Waals surface area contributed by atoms with Crippen LogP contribution in [0.15, 0.2) is 24.4 Å². The third kappa shape index (κ3) is 3.42. The molecule has 0 fully saturated rings. The molecule has 6 heteroatoms. The van der Waals surface area contributed by atoms with Gasteiger partial charge < -0.3 is 9.88 Å². The highest BCUT2D eigenvalue weighted by Gasteiger charge is 2.27. The fourth-order valence-corrected chi connectivity index (χ4v) is 2.27. The summed E-state index contributed by atoms with van der Waals surface area (Å²) >= 11 is 5.92. The monoisotopic (exact) mass is 290 g/mol. The fraction of sp³-hybridized carbons (Fsp3) is 0.385. The third-order valence-corrected chi connectivity index (χ3v) is 3.17. The lowest BCUT2D eigenvalue weighted by molar-refractivity contribution is -0.136. The number of halogens is 4. The smallest absolute Gasteiger partial charge is 0.347 e.